The summed E-state index contributed by atoms with van der Waals surface area (Å²) in [6.07, 6.45) is 0. The lowest BCUT2D eigenvalue weighted by Crippen LogP contribution is -1.98. The van der Waals surface area contributed by atoms with Crippen LogP contribution in [0.5, 0.6) is 0 Å². The van der Waals surface area contributed by atoms with Gasteiger partial charge in [0.25, 0.3) is 0 Å². The van der Waals surface area contributed by atoms with Crippen LogP contribution in [0.25, 0.3) is 22.7 Å². The van der Waals surface area contributed by atoms with Gasteiger partial charge < -0.3 is 10.2 Å². The fourth-order valence-corrected chi connectivity index (χ4v) is 2.27. The van der Waals surface area contributed by atoms with Crippen LogP contribution in [0.4, 0.5) is 5.95 Å². The molecular weight excluding hydrogens is 309 g/mol. The molecular formula is C15H11Cl2N3O. The molecule has 0 aliphatic carbocycles. The van der Waals surface area contributed by atoms with E-state index in [4.69, 9.17) is 33.4 Å². The fraction of sp³-hybridized carbons (Fsp3) is 0.0667. The maximum atomic E-state index is 6.04. The molecule has 0 atom stereocenters. The molecule has 21 heavy (non-hydrogen) atoms. The minimum absolute atomic E-state index is 0.169. The van der Waals surface area contributed by atoms with Crippen molar-refractivity contribution in [1.82, 2.24) is 9.97 Å². The summed E-state index contributed by atoms with van der Waals surface area (Å²) in [4.78, 5) is 8.43. The summed E-state index contributed by atoms with van der Waals surface area (Å²) in [5, 5.41) is 0.950. The molecule has 0 aliphatic rings. The number of nitrogens with zero attached hydrogens (tertiary/aromatic N) is 2. The first-order valence-corrected chi connectivity index (χ1v) is 6.95. The second-order valence-corrected chi connectivity index (χ2v) is 5.35. The van der Waals surface area contributed by atoms with Crippen LogP contribution >= 0.6 is 23.2 Å². The van der Waals surface area contributed by atoms with E-state index in [9.17, 15) is 0 Å². The van der Waals surface area contributed by atoms with E-state index in [1.54, 1.807) is 18.2 Å². The molecule has 3 rings (SSSR count). The maximum Gasteiger partial charge on any atom is 0.221 e. The van der Waals surface area contributed by atoms with E-state index < -0.39 is 0 Å². The van der Waals surface area contributed by atoms with Crippen molar-refractivity contribution >= 4 is 29.2 Å². The van der Waals surface area contributed by atoms with Gasteiger partial charge in [-0.2, -0.15) is 0 Å². The summed E-state index contributed by atoms with van der Waals surface area (Å²) < 4.78 is 5.57. The lowest BCUT2D eigenvalue weighted by molar-refractivity contribution is 0.546. The molecule has 0 radical (unpaired) electrons. The van der Waals surface area contributed by atoms with Crippen LogP contribution in [0, 0.1) is 6.92 Å². The van der Waals surface area contributed by atoms with Crippen LogP contribution < -0.4 is 5.73 Å². The number of aryl methyl sites for hydroxylation is 1. The number of anilines is 1. The number of hydrogen-bond donors (Lipinski definition) is 1. The first kappa shape index (κ1) is 13.9. The molecule has 0 saturated heterocycles. The SMILES string of the molecule is Cc1ccc(-c2cc(-c3ccc(Cl)c(Cl)c3)nc(N)n2)o1. The first-order chi connectivity index (χ1) is 10.0. The lowest BCUT2D eigenvalue weighted by Gasteiger charge is -2.06. The van der Waals surface area contributed by atoms with Crippen molar-refractivity contribution in [2.45, 2.75) is 6.92 Å². The summed E-state index contributed by atoms with van der Waals surface area (Å²) in [6.45, 7) is 1.87. The van der Waals surface area contributed by atoms with Crippen LogP contribution in [0.1, 0.15) is 5.76 Å². The number of hydrogen-bond acceptors (Lipinski definition) is 4. The average molecular weight is 320 g/mol. The Morgan fingerprint density at radius 1 is 0.952 bits per heavy atom. The van der Waals surface area contributed by atoms with Gasteiger partial charge in [-0.15, -0.1) is 0 Å². The zero-order valence-electron chi connectivity index (χ0n) is 11.1. The first-order valence-electron chi connectivity index (χ1n) is 6.20. The third-order valence-electron chi connectivity index (χ3n) is 2.95. The molecule has 3 aromatic rings. The van der Waals surface area contributed by atoms with Gasteiger partial charge in [0.15, 0.2) is 5.76 Å². The van der Waals surface area contributed by atoms with E-state index >= 15 is 0 Å². The van der Waals surface area contributed by atoms with Gasteiger partial charge in [0.05, 0.1) is 15.7 Å². The van der Waals surface area contributed by atoms with Crippen molar-refractivity contribution in [2.75, 3.05) is 5.73 Å². The molecule has 6 heteroatoms. The number of aromatic nitrogens is 2. The fourth-order valence-electron chi connectivity index (χ4n) is 1.97. The van der Waals surface area contributed by atoms with Gasteiger partial charge in [0.2, 0.25) is 5.95 Å². The number of benzene rings is 1. The lowest BCUT2D eigenvalue weighted by atomic mass is 10.1. The van der Waals surface area contributed by atoms with Crippen molar-refractivity contribution in [3.63, 3.8) is 0 Å². The Balaban J connectivity index is 2.11. The predicted molar refractivity (Wildman–Crippen MR) is 84.3 cm³/mol. The summed E-state index contributed by atoms with van der Waals surface area (Å²) in [5.41, 5.74) is 7.87. The summed E-state index contributed by atoms with van der Waals surface area (Å²) in [6, 6.07) is 10.8. The molecule has 0 amide bonds. The van der Waals surface area contributed by atoms with Crippen molar-refractivity contribution in [3.05, 3.63) is 52.2 Å². The zero-order chi connectivity index (χ0) is 15.0. The highest BCUT2D eigenvalue weighted by atomic mass is 35.5. The van der Waals surface area contributed by atoms with E-state index in [0.29, 0.717) is 27.2 Å². The van der Waals surface area contributed by atoms with Gasteiger partial charge >= 0.3 is 0 Å². The molecule has 106 valence electrons. The van der Waals surface area contributed by atoms with Gasteiger partial charge in [-0.3, -0.25) is 0 Å². The molecule has 0 unspecified atom stereocenters. The standard InChI is InChI=1S/C15H11Cl2N3O/c1-8-2-5-14(21-8)13-7-12(19-15(18)20-13)9-3-4-10(16)11(17)6-9/h2-7H,1H3,(H2,18,19,20). The molecule has 0 saturated carbocycles. The second-order valence-electron chi connectivity index (χ2n) is 4.54. The van der Waals surface area contributed by atoms with Crippen molar-refractivity contribution in [1.29, 1.82) is 0 Å². The monoisotopic (exact) mass is 319 g/mol. The van der Waals surface area contributed by atoms with E-state index in [0.717, 1.165) is 11.3 Å². The molecule has 4 nitrogen and oxygen atoms in total. The quantitative estimate of drug-likeness (QED) is 0.749. The largest absolute Gasteiger partial charge is 0.460 e. The highest BCUT2D eigenvalue weighted by Gasteiger charge is 2.10. The van der Waals surface area contributed by atoms with E-state index in [-0.39, 0.29) is 5.95 Å². The topological polar surface area (TPSA) is 64.9 Å². The average Bonchev–Trinajstić information content (AvgIpc) is 2.88. The number of furan rings is 1. The van der Waals surface area contributed by atoms with Crippen LogP contribution in [0.3, 0.4) is 0 Å². The maximum absolute atomic E-state index is 6.04. The van der Waals surface area contributed by atoms with Crippen LogP contribution in [0.15, 0.2) is 40.8 Å². The van der Waals surface area contributed by atoms with Crippen LogP contribution in [-0.2, 0) is 0 Å². The highest BCUT2D eigenvalue weighted by Crippen LogP contribution is 2.30. The summed E-state index contributed by atoms with van der Waals surface area (Å²) >= 11 is 12.0. The molecule has 0 spiro atoms. The Labute approximate surface area is 131 Å². The number of nitrogen functional groups attached to an aromatic ring is 1. The molecule has 0 fully saturated rings. The third kappa shape index (κ3) is 2.86. The predicted octanol–water partition coefficient (Wildman–Crippen LogP) is 4.60. The Morgan fingerprint density at radius 3 is 2.38 bits per heavy atom. The minimum Gasteiger partial charge on any atom is -0.460 e. The zero-order valence-corrected chi connectivity index (χ0v) is 12.6. The Morgan fingerprint density at radius 2 is 1.71 bits per heavy atom. The van der Waals surface area contributed by atoms with Gasteiger partial charge in [-0.05, 0) is 37.3 Å². The molecule has 2 N–H and O–H groups in total. The normalized spacial score (nSPS) is 10.8. The van der Waals surface area contributed by atoms with Crippen molar-refractivity contribution in [2.24, 2.45) is 0 Å². The Kier molecular flexibility index (Phi) is 3.57. The Hall–Kier alpha value is -2.04. The molecule has 0 aliphatic heterocycles. The molecule has 2 aromatic heterocycles. The van der Waals surface area contributed by atoms with Crippen molar-refractivity contribution in [3.8, 4) is 22.7 Å². The minimum atomic E-state index is 0.169. The van der Waals surface area contributed by atoms with Crippen LogP contribution in [-0.4, -0.2) is 9.97 Å². The molecule has 0 bridgehead atoms. The number of halogens is 2. The van der Waals surface area contributed by atoms with Gasteiger partial charge in [-0.1, -0.05) is 29.3 Å². The van der Waals surface area contributed by atoms with E-state index in [2.05, 4.69) is 9.97 Å². The van der Waals surface area contributed by atoms with Gasteiger partial charge in [-0.25, -0.2) is 9.97 Å². The smallest absolute Gasteiger partial charge is 0.221 e. The van der Waals surface area contributed by atoms with Gasteiger partial charge in [0, 0.05) is 5.56 Å². The van der Waals surface area contributed by atoms with E-state index in [1.165, 1.54) is 0 Å². The van der Waals surface area contributed by atoms with E-state index in [1.807, 2.05) is 25.1 Å². The van der Waals surface area contributed by atoms with Crippen LogP contribution in [0.2, 0.25) is 10.0 Å². The van der Waals surface area contributed by atoms with Crippen molar-refractivity contribution < 1.29 is 4.42 Å². The molecule has 2 heterocycles. The number of rotatable bonds is 2. The third-order valence-corrected chi connectivity index (χ3v) is 3.69. The molecule has 1 aromatic carbocycles. The second kappa shape index (κ2) is 5.39. The summed E-state index contributed by atoms with van der Waals surface area (Å²) in [7, 11) is 0. The summed E-state index contributed by atoms with van der Waals surface area (Å²) in [5.74, 6) is 1.61. The highest BCUT2D eigenvalue weighted by molar-refractivity contribution is 6.42. The Bertz CT molecular complexity index is 814. The number of nitrogens with two attached hydrogens (primary N) is 1. The van der Waals surface area contributed by atoms with Gasteiger partial charge in [0.1, 0.15) is 11.5 Å².